The molecule has 1 aromatic heterocycles. The van der Waals surface area contributed by atoms with Gasteiger partial charge in [-0.2, -0.15) is 0 Å². The van der Waals surface area contributed by atoms with Crippen LogP contribution in [0.2, 0.25) is 0 Å². The molecule has 0 spiro atoms. The molecule has 0 saturated carbocycles. The topological polar surface area (TPSA) is 51.5 Å². The summed E-state index contributed by atoms with van der Waals surface area (Å²) in [5.41, 5.74) is -0.401. The first-order valence-corrected chi connectivity index (χ1v) is 6.84. The van der Waals surface area contributed by atoms with Crippen LogP contribution in [-0.2, 0) is 16.0 Å². The van der Waals surface area contributed by atoms with Crippen molar-refractivity contribution in [1.29, 1.82) is 0 Å². The molecule has 1 atom stereocenters. The summed E-state index contributed by atoms with van der Waals surface area (Å²) < 4.78 is 10.5. The molecule has 0 aliphatic rings. The minimum atomic E-state index is -0.401. The van der Waals surface area contributed by atoms with Gasteiger partial charge in [-0.3, -0.25) is 4.79 Å². The van der Waals surface area contributed by atoms with Crippen LogP contribution in [0.15, 0.2) is 22.8 Å². The third-order valence-corrected chi connectivity index (χ3v) is 2.65. The Morgan fingerprint density at radius 2 is 2.21 bits per heavy atom. The second-order valence-corrected chi connectivity index (χ2v) is 5.81. The molecule has 1 aromatic rings. The molecule has 0 fully saturated rings. The minimum Gasteiger partial charge on any atom is -0.469 e. The number of nitrogens with one attached hydrogen (secondary N) is 1. The van der Waals surface area contributed by atoms with Gasteiger partial charge < -0.3 is 14.5 Å². The van der Waals surface area contributed by atoms with Crippen LogP contribution in [0.3, 0.4) is 0 Å². The number of aryl methyl sites for hydroxylation is 1. The Morgan fingerprint density at radius 3 is 2.79 bits per heavy atom. The maximum Gasteiger partial charge on any atom is 0.307 e. The molecule has 4 heteroatoms. The van der Waals surface area contributed by atoms with Crippen molar-refractivity contribution in [2.24, 2.45) is 0 Å². The summed E-state index contributed by atoms with van der Waals surface area (Å²) in [5.74, 6) is 0.846. The Bertz CT molecular complexity index is 365. The van der Waals surface area contributed by atoms with Crippen molar-refractivity contribution < 1.29 is 13.9 Å². The van der Waals surface area contributed by atoms with Crippen molar-refractivity contribution in [3.05, 3.63) is 24.2 Å². The van der Waals surface area contributed by atoms with Gasteiger partial charge in [0, 0.05) is 19.0 Å². The van der Waals surface area contributed by atoms with Crippen molar-refractivity contribution in [3.8, 4) is 0 Å². The third kappa shape index (κ3) is 7.67. The molecule has 4 nitrogen and oxygen atoms in total. The summed E-state index contributed by atoms with van der Waals surface area (Å²) in [6.45, 7) is 8.39. The van der Waals surface area contributed by atoms with Gasteiger partial charge in [0.25, 0.3) is 0 Å². The fourth-order valence-corrected chi connectivity index (χ4v) is 1.73. The molecule has 0 saturated heterocycles. The van der Waals surface area contributed by atoms with Gasteiger partial charge in [-0.15, -0.1) is 0 Å². The van der Waals surface area contributed by atoms with E-state index < -0.39 is 5.60 Å². The second kappa shape index (κ2) is 7.34. The van der Waals surface area contributed by atoms with E-state index in [1.54, 1.807) is 6.26 Å². The first-order chi connectivity index (χ1) is 8.87. The normalized spacial score (nSPS) is 13.3. The quantitative estimate of drug-likeness (QED) is 0.772. The monoisotopic (exact) mass is 267 g/mol. The Hall–Kier alpha value is -1.29. The van der Waals surface area contributed by atoms with Crippen molar-refractivity contribution >= 4 is 5.97 Å². The molecule has 1 rings (SSSR count). The highest BCUT2D eigenvalue weighted by molar-refractivity contribution is 5.70. The zero-order valence-electron chi connectivity index (χ0n) is 12.4. The van der Waals surface area contributed by atoms with Crippen molar-refractivity contribution in [3.63, 3.8) is 0 Å². The van der Waals surface area contributed by atoms with Gasteiger partial charge in [0.15, 0.2) is 0 Å². The van der Waals surface area contributed by atoms with Crippen LogP contribution in [0.1, 0.15) is 46.3 Å². The van der Waals surface area contributed by atoms with Gasteiger partial charge in [0.2, 0.25) is 0 Å². The summed E-state index contributed by atoms with van der Waals surface area (Å²) >= 11 is 0. The predicted octanol–water partition coefficient (Wildman–Crippen LogP) is 2.92. The zero-order valence-corrected chi connectivity index (χ0v) is 12.4. The standard InChI is InChI=1S/C15H25NO3/c1-12(7-8-13-6-5-11-18-13)16-10-9-14(17)19-15(2,3)4/h5-6,11-12,16H,7-10H2,1-4H3. The van der Waals surface area contributed by atoms with E-state index in [0.717, 1.165) is 18.6 Å². The smallest absolute Gasteiger partial charge is 0.307 e. The molecule has 1 N–H and O–H groups in total. The predicted molar refractivity (Wildman–Crippen MR) is 75.0 cm³/mol. The highest BCUT2D eigenvalue weighted by Crippen LogP contribution is 2.08. The van der Waals surface area contributed by atoms with Crippen LogP contribution in [0.4, 0.5) is 0 Å². The lowest BCUT2D eigenvalue weighted by atomic mass is 10.1. The van der Waals surface area contributed by atoms with Gasteiger partial charge in [0.1, 0.15) is 11.4 Å². The molecule has 0 aliphatic carbocycles. The van der Waals surface area contributed by atoms with Gasteiger partial charge in [-0.1, -0.05) is 0 Å². The molecule has 0 aromatic carbocycles. The Balaban J connectivity index is 2.10. The van der Waals surface area contributed by atoms with Crippen LogP contribution < -0.4 is 5.32 Å². The minimum absolute atomic E-state index is 0.154. The molecule has 0 bridgehead atoms. The fourth-order valence-electron chi connectivity index (χ4n) is 1.73. The average molecular weight is 267 g/mol. The Morgan fingerprint density at radius 1 is 1.47 bits per heavy atom. The first-order valence-electron chi connectivity index (χ1n) is 6.84. The molecule has 1 unspecified atom stereocenters. The number of carbonyl (C=O) groups excluding carboxylic acids is 1. The van der Waals surface area contributed by atoms with Crippen LogP contribution in [0.5, 0.6) is 0 Å². The van der Waals surface area contributed by atoms with Gasteiger partial charge in [-0.05, 0) is 46.2 Å². The van der Waals surface area contributed by atoms with E-state index in [-0.39, 0.29) is 5.97 Å². The highest BCUT2D eigenvalue weighted by atomic mass is 16.6. The largest absolute Gasteiger partial charge is 0.469 e. The lowest BCUT2D eigenvalue weighted by Gasteiger charge is -2.20. The summed E-state index contributed by atoms with van der Waals surface area (Å²) in [6, 6.07) is 4.23. The number of hydrogen-bond donors (Lipinski definition) is 1. The van der Waals surface area contributed by atoms with E-state index >= 15 is 0 Å². The third-order valence-electron chi connectivity index (χ3n) is 2.65. The van der Waals surface area contributed by atoms with Crippen LogP contribution in [0, 0.1) is 0 Å². The van der Waals surface area contributed by atoms with E-state index in [1.807, 2.05) is 32.9 Å². The van der Waals surface area contributed by atoms with E-state index in [4.69, 9.17) is 9.15 Å². The highest BCUT2D eigenvalue weighted by Gasteiger charge is 2.15. The Kier molecular flexibility index (Phi) is 6.09. The summed E-state index contributed by atoms with van der Waals surface area (Å²) in [6.07, 6.45) is 3.99. The van der Waals surface area contributed by atoms with E-state index in [1.165, 1.54) is 0 Å². The van der Waals surface area contributed by atoms with Gasteiger partial charge in [-0.25, -0.2) is 0 Å². The first kappa shape index (κ1) is 15.8. The van der Waals surface area contributed by atoms with Crippen molar-refractivity contribution in [2.45, 2.75) is 58.6 Å². The molecule has 1 heterocycles. The number of esters is 1. The van der Waals surface area contributed by atoms with Crippen LogP contribution in [0.25, 0.3) is 0 Å². The second-order valence-electron chi connectivity index (χ2n) is 5.81. The van der Waals surface area contributed by atoms with Crippen molar-refractivity contribution in [1.82, 2.24) is 5.32 Å². The molecular formula is C15H25NO3. The number of carbonyl (C=O) groups is 1. The lowest BCUT2D eigenvalue weighted by molar-refractivity contribution is -0.154. The van der Waals surface area contributed by atoms with Crippen molar-refractivity contribution in [2.75, 3.05) is 6.54 Å². The van der Waals surface area contributed by atoms with E-state index in [9.17, 15) is 4.79 Å². The summed E-state index contributed by atoms with van der Waals surface area (Å²) in [7, 11) is 0. The Labute approximate surface area is 115 Å². The van der Waals surface area contributed by atoms with Crippen LogP contribution in [-0.4, -0.2) is 24.2 Å². The molecule has 19 heavy (non-hydrogen) atoms. The zero-order chi connectivity index (χ0) is 14.3. The summed E-state index contributed by atoms with van der Waals surface area (Å²) in [5, 5.41) is 3.32. The summed E-state index contributed by atoms with van der Waals surface area (Å²) in [4.78, 5) is 11.5. The molecule has 0 radical (unpaired) electrons. The number of furan rings is 1. The molecule has 0 amide bonds. The number of ether oxygens (including phenoxy) is 1. The molecular weight excluding hydrogens is 242 g/mol. The molecule has 108 valence electrons. The number of hydrogen-bond acceptors (Lipinski definition) is 4. The van der Waals surface area contributed by atoms with E-state index in [2.05, 4.69) is 12.2 Å². The van der Waals surface area contributed by atoms with Gasteiger partial charge >= 0.3 is 5.97 Å². The maximum absolute atomic E-state index is 11.5. The van der Waals surface area contributed by atoms with Crippen LogP contribution >= 0.6 is 0 Å². The molecule has 0 aliphatic heterocycles. The fraction of sp³-hybridized carbons (Fsp3) is 0.667. The van der Waals surface area contributed by atoms with Gasteiger partial charge in [0.05, 0.1) is 12.7 Å². The van der Waals surface area contributed by atoms with E-state index in [0.29, 0.717) is 19.0 Å². The number of rotatable bonds is 7. The maximum atomic E-state index is 11.5. The average Bonchev–Trinajstić information content (AvgIpc) is 2.76. The lowest BCUT2D eigenvalue weighted by Crippen LogP contribution is -2.31. The SMILES string of the molecule is CC(CCc1ccco1)NCCC(=O)OC(C)(C)C.